The van der Waals surface area contributed by atoms with E-state index in [-0.39, 0.29) is 12.1 Å². The number of methoxy groups -OCH3 is 1. The Bertz CT molecular complexity index is 115. The third-order valence-electron chi connectivity index (χ3n) is 1.55. The first-order valence-electron chi connectivity index (χ1n) is 3.86. The van der Waals surface area contributed by atoms with Gasteiger partial charge >= 0.3 is 0 Å². The molecule has 0 amide bonds. The molecule has 0 aliphatic carbocycles. The van der Waals surface area contributed by atoms with Crippen LogP contribution in [0.1, 0.15) is 20.8 Å². The third-order valence-corrected chi connectivity index (χ3v) is 1.55. The number of hydrogen-bond donors (Lipinski definition) is 1. The molecule has 0 saturated carbocycles. The number of aldehydes is 1. The van der Waals surface area contributed by atoms with Gasteiger partial charge in [0.1, 0.15) is 6.29 Å². The van der Waals surface area contributed by atoms with E-state index >= 15 is 0 Å². The van der Waals surface area contributed by atoms with Crippen LogP contribution in [0.25, 0.3) is 0 Å². The van der Waals surface area contributed by atoms with Crippen molar-refractivity contribution in [3.05, 3.63) is 0 Å². The first-order valence-corrected chi connectivity index (χ1v) is 3.86. The smallest absolute Gasteiger partial charge is 0.139 e. The predicted molar refractivity (Wildman–Crippen MR) is 44.6 cm³/mol. The summed E-state index contributed by atoms with van der Waals surface area (Å²) in [6.45, 7) is 5.87. The van der Waals surface area contributed by atoms with Crippen molar-refractivity contribution in [3.63, 3.8) is 0 Å². The first kappa shape index (κ1) is 10.6. The van der Waals surface area contributed by atoms with Crippen molar-refractivity contribution < 1.29 is 9.53 Å². The van der Waals surface area contributed by atoms with Gasteiger partial charge in [-0.05, 0) is 6.92 Å². The second-order valence-corrected chi connectivity index (χ2v) is 2.92. The molecule has 0 radical (unpaired) electrons. The fourth-order valence-corrected chi connectivity index (χ4v) is 0.817. The number of hydrogen-bond acceptors (Lipinski definition) is 3. The summed E-state index contributed by atoms with van der Waals surface area (Å²) in [4.78, 5) is 10.5. The van der Waals surface area contributed by atoms with Crippen molar-refractivity contribution in [2.75, 3.05) is 7.11 Å². The molecule has 3 heteroatoms. The van der Waals surface area contributed by atoms with Crippen molar-refractivity contribution in [2.45, 2.75) is 39.0 Å². The Labute approximate surface area is 68.1 Å². The summed E-state index contributed by atoms with van der Waals surface area (Å²) in [7, 11) is 1.60. The number of ether oxygens (including phenoxy) is 1. The monoisotopic (exact) mass is 159 g/mol. The second-order valence-electron chi connectivity index (χ2n) is 2.92. The molecule has 0 heterocycles. The van der Waals surface area contributed by atoms with Gasteiger partial charge < -0.3 is 14.8 Å². The number of rotatable bonds is 5. The van der Waals surface area contributed by atoms with E-state index in [1.165, 1.54) is 0 Å². The molecule has 0 unspecified atom stereocenters. The lowest BCUT2D eigenvalue weighted by atomic mass is 10.2. The highest BCUT2D eigenvalue weighted by atomic mass is 16.5. The van der Waals surface area contributed by atoms with Crippen molar-refractivity contribution in [3.8, 4) is 0 Å². The van der Waals surface area contributed by atoms with Gasteiger partial charge in [-0.25, -0.2) is 0 Å². The lowest BCUT2D eigenvalue weighted by molar-refractivity contribution is -0.112. The predicted octanol–water partition coefficient (Wildman–Crippen LogP) is 0.587. The molecule has 0 aromatic heterocycles. The minimum atomic E-state index is -0.194. The highest BCUT2D eigenvalue weighted by molar-refractivity contribution is 5.58. The molecule has 2 atom stereocenters. The lowest BCUT2D eigenvalue weighted by Crippen LogP contribution is -2.44. The van der Waals surface area contributed by atoms with E-state index in [1.807, 2.05) is 20.8 Å². The molecule has 0 saturated heterocycles. The summed E-state index contributed by atoms with van der Waals surface area (Å²) < 4.78 is 5.01. The van der Waals surface area contributed by atoms with Crippen molar-refractivity contribution in [2.24, 2.45) is 0 Å². The molecular weight excluding hydrogens is 142 g/mol. The summed E-state index contributed by atoms with van der Waals surface area (Å²) in [5.74, 6) is 0. The molecule has 0 aromatic rings. The van der Waals surface area contributed by atoms with Crippen LogP contribution in [0.15, 0.2) is 0 Å². The molecule has 11 heavy (non-hydrogen) atoms. The Kier molecular flexibility index (Phi) is 5.07. The number of carbonyl (C=O) groups excluding carboxylic acids is 1. The van der Waals surface area contributed by atoms with Crippen molar-refractivity contribution in [1.29, 1.82) is 0 Å². The SMILES string of the molecule is CO[C@H](C)[C@@H](C=O)NC(C)C. The molecule has 3 nitrogen and oxygen atoms in total. The first-order chi connectivity index (χ1) is 5.11. The van der Waals surface area contributed by atoms with Gasteiger partial charge in [0.25, 0.3) is 0 Å². The van der Waals surface area contributed by atoms with Crippen LogP contribution in [0.5, 0.6) is 0 Å². The molecule has 0 aromatic carbocycles. The van der Waals surface area contributed by atoms with Crippen LogP contribution < -0.4 is 5.32 Å². The Hall–Kier alpha value is -0.410. The summed E-state index contributed by atoms with van der Waals surface area (Å²) in [5.41, 5.74) is 0. The molecule has 1 N–H and O–H groups in total. The molecular formula is C8H17NO2. The van der Waals surface area contributed by atoms with Crippen molar-refractivity contribution >= 4 is 6.29 Å². The zero-order chi connectivity index (χ0) is 8.85. The van der Waals surface area contributed by atoms with E-state index in [4.69, 9.17) is 4.74 Å². The molecule has 0 bridgehead atoms. The summed E-state index contributed by atoms with van der Waals surface area (Å²) in [6.07, 6.45) is 0.823. The van der Waals surface area contributed by atoms with Gasteiger partial charge in [-0.1, -0.05) is 13.8 Å². The quantitative estimate of drug-likeness (QED) is 0.596. The Morgan fingerprint density at radius 2 is 1.91 bits per heavy atom. The molecule has 66 valence electrons. The summed E-state index contributed by atoms with van der Waals surface area (Å²) in [5, 5.41) is 3.09. The van der Waals surface area contributed by atoms with Gasteiger partial charge in [-0.3, -0.25) is 0 Å². The van der Waals surface area contributed by atoms with E-state index < -0.39 is 0 Å². The van der Waals surface area contributed by atoms with Crippen LogP contribution in [0.4, 0.5) is 0 Å². The lowest BCUT2D eigenvalue weighted by Gasteiger charge is -2.20. The van der Waals surface area contributed by atoms with Gasteiger partial charge in [0.15, 0.2) is 0 Å². The molecule has 0 aliphatic heterocycles. The van der Waals surface area contributed by atoms with E-state index in [9.17, 15) is 4.79 Å². The number of carbonyl (C=O) groups is 1. The molecule has 0 fully saturated rings. The van der Waals surface area contributed by atoms with E-state index in [1.54, 1.807) is 7.11 Å². The van der Waals surface area contributed by atoms with E-state index in [2.05, 4.69) is 5.32 Å². The standard InChI is InChI=1S/C8H17NO2/c1-6(2)9-8(5-10)7(3)11-4/h5-9H,1-4H3/t7-,8-/m1/s1. The van der Waals surface area contributed by atoms with Crippen LogP contribution in [0, 0.1) is 0 Å². The molecule has 0 aliphatic rings. The fraction of sp³-hybridized carbons (Fsp3) is 0.875. The van der Waals surface area contributed by atoms with E-state index in [0.717, 1.165) is 6.29 Å². The second kappa shape index (κ2) is 5.27. The maximum atomic E-state index is 10.5. The maximum Gasteiger partial charge on any atom is 0.139 e. The Morgan fingerprint density at radius 3 is 2.18 bits per heavy atom. The van der Waals surface area contributed by atoms with Crippen LogP contribution in [0.2, 0.25) is 0 Å². The van der Waals surface area contributed by atoms with Gasteiger partial charge in [0.05, 0.1) is 12.1 Å². The van der Waals surface area contributed by atoms with Crippen LogP contribution >= 0.6 is 0 Å². The maximum absolute atomic E-state index is 10.5. The largest absolute Gasteiger partial charge is 0.380 e. The topological polar surface area (TPSA) is 38.3 Å². The zero-order valence-corrected chi connectivity index (χ0v) is 7.63. The highest BCUT2D eigenvalue weighted by Gasteiger charge is 2.15. The van der Waals surface area contributed by atoms with Gasteiger partial charge in [0.2, 0.25) is 0 Å². The minimum Gasteiger partial charge on any atom is -0.380 e. The van der Waals surface area contributed by atoms with Crippen LogP contribution in [-0.4, -0.2) is 31.6 Å². The average molecular weight is 159 g/mol. The average Bonchev–Trinajstić information content (AvgIpc) is 1.98. The third kappa shape index (κ3) is 4.11. The highest BCUT2D eigenvalue weighted by Crippen LogP contribution is 1.95. The number of nitrogens with one attached hydrogen (secondary N) is 1. The normalized spacial score (nSPS) is 16.5. The van der Waals surface area contributed by atoms with Gasteiger partial charge in [-0.2, -0.15) is 0 Å². The van der Waals surface area contributed by atoms with Crippen LogP contribution in [-0.2, 0) is 9.53 Å². The summed E-state index contributed by atoms with van der Waals surface area (Å²) >= 11 is 0. The Morgan fingerprint density at radius 1 is 1.36 bits per heavy atom. The zero-order valence-electron chi connectivity index (χ0n) is 7.63. The van der Waals surface area contributed by atoms with Gasteiger partial charge in [0, 0.05) is 13.2 Å². The Balaban J connectivity index is 3.84. The van der Waals surface area contributed by atoms with E-state index in [0.29, 0.717) is 6.04 Å². The van der Waals surface area contributed by atoms with Crippen molar-refractivity contribution in [1.82, 2.24) is 5.32 Å². The summed E-state index contributed by atoms with van der Waals surface area (Å²) in [6, 6.07) is 0.114. The van der Waals surface area contributed by atoms with Crippen LogP contribution in [0.3, 0.4) is 0 Å². The minimum absolute atomic E-state index is 0.0603. The molecule has 0 spiro atoms. The molecule has 0 rings (SSSR count). The fourth-order valence-electron chi connectivity index (χ4n) is 0.817. The van der Waals surface area contributed by atoms with Gasteiger partial charge in [-0.15, -0.1) is 0 Å².